The normalized spacial score (nSPS) is 14.0. The highest BCUT2D eigenvalue weighted by Gasteiger charge is 2.22. The Labute approximate surface area is 127 Å². The number of carbonyl (C=O) groups excluding carboxylic acids is 3. The number of imide groups is 1. The summed E-state index contributed by atoms with van der Waals surface area (Å²) in [7, 11) is 0. The summed E-state index contributed by atoms with van der Waals surface area (Å²) in [5, 5.41) is 0. The van der Waals surface area contributed by atoms with Crippen molar-refractivity contribution in [2.45, 2.75) is 25.7 Å². The molecule has 0 bridgehead atoms. The maximum Gasteiger partial charge on any atom is 0.253 e. The summed E-state index contributed by atoms with van der Waals surface area (Å²) in [4.78, 5) is 35.2. The molecule has 2 N–H and O–H groups in total. The number of hydrogen-bond acceptors (Lipinski definition) is 3. The summed E-state index contributed by atoms with van der Waals surface area (Å²) in [6, 6.07) is 3.92. The minimum atomic E-state index is -0.575. The highest BCUT2D eigenvalue weighted by molar-refractivity contribution is 6.12. The van der Waals surface area contributed by atoms with Crippen LogP contribution in [-0.4, -0.2) is 29.2 Å². The molecule has 3 amide bonds. The van der Waals surface area contributed by atoms with Gasteiger partial charge in [0.05, 0.1) is 0 Å². The van der Waals surface area contributed by atoms with Gasteiger partial charge in [-0.1, -0.05) is 6.42 Å². The van der Waals surface area contributed by atoms with Gasteiger partial charge in [0.2, 0.25) is 5.91 Å². The Morgan fingerprint density at radius 1 is 1.09 bits per heavy atom. The van der Waals surface area contributed by atoms with Crippen LogP contribution in [0.4, 0.5) is 4.39 Å². The Balaban J connectivity index is 1.80. The van der Waals surface area contributed by atoms with Crippen LogP contribution >= 0.6 is 0 Å². The van der Waals surface area contributed by atoms with E-state index in [0.29, 0.717) is 36.9 Å². The van der Waals surface area contributed by atoms with Crippen LogP contribution in [0.5, 0.6) is 0 Å². The second-order valence-electron chi connectivity index (χ2n) is 5.14. The number of carbonyl (C=O) groups is 3. The molecule has 0 saturated heterocycles. The van der Waals surface area contributed by atoms with Crippen LogP contribution < -0.4 is 5.73 Å². The van der Waals surface area contributed by atoms with E-state index in [-0.39, 0.29) is 11.8 Å². The molecule has 0 spiro atoms. The predicted octanol–water partition coefficient (Wildman–Crippen LogP) is 1.56. The van der Waals surface area contributed by atoms with Crippen LogP contribution in [0.25, 0.3) is 0 Å². The third-order valence-corrected chi connectivity index (χ3v) is 3.56. The van der Waals surface area contributed by atoms with Crippen LogP contribution in [0.1, 0.15) is 35.2 Å². The fourth-order valence-corrected chi connectivity index (χ4v) is 2.42. The smallest absolute Gasteiger partial charge is 0.253 e. The van der Waals surface area contributed by atoms with Gasteiger partial charge in [0, 0.05) is 24.3 Å². The zero-order valence-electron chi connectivity index (χ0n) is 12.0. The Morgan fingerprint density at radius 3 is 2.41 bits per heavy atom. The molecule has 116 valence electrons. The minimum Gasteiger partial charge on any atom is -0.366 e. The molecular formula is C16H17FN2O3. The molecule has 0 aliphatic carbocycles. The number of unbranched alkanes of at least 4 members (excludes halogenated alkanes) is 2. The van der Waals surface area contributed by atoms with Crippen molar-refractivity contribution in [3.8, 4) is 0 Å². The number of amides is 3. The molecule has 5 nitrogen and oxygen atoms in total. The van der Waals surface area contributed by atoms with Crippen LogP contribution in [-0.2, 0) is 16.0 Å². The lowest BCUT2D eigenvalue weighted by atomic mass is 10.0. The van der Waals surface area contributed by atoms with Crippen LogP contribution in [0, 0.1) is 5.82 Å². The van der Waals surface area contributed by atoms with Gasteiger partial charge in [-0.15, -0.1) is 0 Å². The number of nitrogens with two attached hydrogens (primary N) is 1. The van der Waals surface area contributed by atoms with Crippen molar-refractivity contribution in [2.24, 2.45) is 5.73 Å². The van der Waals surface area contributed by atoms with Crippen LogP contribution in [0.2, 0.25) is 0 Å². The van der Waals surface area contributed by atoms with Gasteiger partial charge < -0.3 is 5.73 Å². The summed E-state index contributed by atoms with van der Waals surface area (Å²) < 4.78 is 13.2. The lowest BCUT2D eigenvalue weighted by Crippen LogP contribution is -2.30. The monoisotopic (exact) mass is 304 g/mol. The summed E-state index contributed by atoms with van der Waals surface area (Å²) in [6.07, 6.45) is 5.18. The Morgan fingerprint density at radius 2 is 1.77 bits per heavy atom. The van der Waals surface area contributed by atoms with Crippen molar-refractivity contribution >= 4 is 17.7 Å². The van der Waals surface area contributed by atoms with Gasteiger partial charge in [-0.05, 0) is 43.0 Å². The molecule has 0 aromatic heterocycles. The van der Waals surface area contributed by atoms with E-state index in [2.05, 4.69) is 0 Å². The quantitative estimate of drug-likeness (QED) is 0.613. The summed E-state index contributed by atoms with van der Waals surface area (Å²) >= 11 is 0. The largest absolute Gasteiger partial charge is 0.366 e. The fourth-order valence-electron chi connectivity index (χ4n) is 2.42. The van der Waals surface area contributed by atoms with Crippen molar-refractivity contribution in [2.75, 3.05) is 6.54 Å². The zero-order valence-corrected chi connectivity index (χ0v) is 12.0. The van der Waals surface area contributed by atoms with E-state index >= 15 is 0 Å². The summed E-state index contributed by atoms with van der Waals surface area (Å²) in [5.74, 6) is -1.55. The summed E-state index contributed by atoms with van der Waals surface area (Å²) in [6.45, 7) is 0.372. The molecule has 1 aromatic carbocycles. The second-order valence-corrected chi connectivity index (χ2v) is 5.14. The van der Waals surface area contributed by atoms with E-state index in [9.17, 15) is 18.8 Å². The number of primary amides is 1. The number of nitrogens with zero attached hydrogens (tertiary/aromatic N) is 1. The topological polar surface area (TPSA) is 80.5 Å². The molecule has 6 heteroatoms. The molecule has 0 saturated carbocycles. The lowest BCUT2D eigenvalue weighted by Gasteiger charge is -2.13. The number of aryl methyl sites for hydroxylation is 1. The first-order chi connectivity index (χ1) is 10.5. The van der Waals surface area contributed by atoms with Gasteiger partial charge >= 0.3 is 0 Å². The third kappa shape index (κ3) is 3.78. The van der Waals surface area contributed by atoms with Gasteiger partial charge in [-0.25, -0.2) is 4.39 Å². The van der Waals surface area contributed by atoms with E-state index in [0.717, 1.165) is 6.42 Å². The average molecular weight is 304 g/mol. The zero-order chi connectivity index (χ0) is 16.1. The first-order valence-electron chi connectivity index (χ1n) is 7.11. The molecule has 0 unspecified atom stereocenters. The molecule has 0 atom stereocenters. The highest BCUT2D eigenvalue weighted by Crippen LogP contribution is 2.15. The highest BCUT2D eigenvalue weighted by atomic mass is 19.1. The van der Waals surface area contributed by atoms with Crippen LogP contribution in [0.15, 0.2) is 30.4 Å². The van der Waals surface area contributed by atoms with Crippen molar-refractivity contribution < 1.29 is 18.8 Å². The predicted molar refractivity (Wildman–Crippen MR) is 78.3 cm³/mol. The molecule has 1 aliphatic heterocycles. The maximum absolute atomic E-state index is 13.2. The van der Waals surface area contributed by atoms with Crippen molar-refractivity contribution in [1.29, 1.82) is 0 Å². The number of benzene rings is 1. The van der Waals surface area contributed by atoms with E-state index in [1.807, 2.05) is 0 Å². The molecule has 1 heterocycles. The third-order valence-electron chi connectivity index (χ3n) is 3.56. The van der Waals surface area contributed by atoms with E-state index in [1.165, 1.54) is 35.3 Å². The van der Waals surface area contributed by atoms with Crippen molar-refractivity contribution in [3.63, 3.8) is 0 Å². The number of hydrogen-bond donors (Lipinski definition) is 1. The van der Waals surface area contributed by atoms with Gasteiger partial charge in [-0.2, -0.15) is 0 Å². The Bertz CT molecular complexity index is 622. The van der Waals surface area contributed by atoms with Gasteiger partial charge in [0.1, 0.15) is 5.82 Å². The van der Waals surface area contributed by atoms with Crippen molar-refractivity contribution in [1.82, 2.24) is 4.90 Å². The number of rotatable bonds is 7. The Hall–Kier alpha value is -2.50. The molecule has 0 radical (unpaired) electrons. The first kappa shape index (κ1) is 15.9. The maximum atomic E-state index is 13.2. The first-order valence-corrected chi connectivity index (χ1v) is 7.11. The Kier molecular flexibility index (Phi) is 5.04. The van der Waals surface area contributed by atoms with Gasteiger partial charge in [0.25, 0.3) is 11.8 Å². The van der Waals surface area contributed by atoms with E-state index < -0.39 is 11.7 Å². The van der Waals surface area contributed by atoms with Gasteiger partial charge in [0.15, 0.2) is 0 Å². The molecule has 1 aliphatic rings. The fraction of sp³-hybridized carbons (Fsp3) is 0.312. The van der Waals surface area contributed by atoms with Gasteiger partial charge in [-0.3, -0.25) is 19.3 Å². The summed E-state index contributed by atoms with van der Waals surface area (Å²) in [5.41, 5.74) is 6.17. The molecular weight excluding hydrogens is 287 g/mol. The molecule has 1 aromatic rings. The molecule has 22 heavy (non-hydrogen) atoms. The van der Waals surface area contributed by atoms with E-state index in [4.69, 9.17) is 5.73 Å². The van der Waals surface area contributed by atoms with Crippen molar-refractivity contribution in [3.05, 3.63) is 47.3 Å². The number of halogens is 1. The average Bonchev–Trinajstić information content (AvgIpc) is 2.78. The standard InChI is InChI=1S/C16H17FN2O3/c17-12-5-6-13(16(18)22)11(10-12)4-2-1-3-9-19-14(20)7-8-15(19)21/h5-8,10H,1-4,9H2,(H2,18,22). The SMILES string of the molecule is NC(=O)c1ccc(F)cc1CCCCCN1C(=O)C=CC1=O. The minimum absolute atomic E-state index is 0.286. The lowest BCUT2D eigenvalue weighted by molar-refractivity contribution is -0.136. The molecule has 2 rings (SSSR count). The molecule has 0 fully saturated rings. The van der Waals surface area contributed by atoms with E-state index in [1.54, 1.807) is 0 Å². The second kappa shape index (κ2) is 6.98. The van der Waals surface area contributed by atoms with Crippen LogP contribution in [0.3, 0.4) is 0 Å².